The molecule has 1 atom stereocenters. The summed E-state index contributed by atoms with van der Waals surface area (Å²) in [5, 5.41) is 11.5. The fraction of sp³-hybridized carbons (Fsp3) is 0.281. The van der Waals surface area contributed by atoms with E-state index in [1.165, 1.54) is 44.1 Å². The highest BCUT2D eigenvalue weighted by Gasteiger charge is 2.21. The third-order valence-corrected chi connectivity index (χ3v) is 7.14. The molecule has 6 nitrogen and oxygen atoms in total. The summed E-state index contributed by atoms with van der Waals surface area (Å²) in [7, 11) is 0. The van der Waals surface area contributed by atoms with Crippen LogP contribution in [0.4, 0.5) is 11.4 Å². The molecule has 1 aliphatic carbocycles. The summed E-state index contributed by atoms with van der Waals surface area (Å²) in [6, 6.07) is 28.0. The average Bonchev–Trinajstić information content (AvgIpc) is 3.16. The number of carbonyl (C=O) groups excluding carboxylic acids is 1. The Morgan fingerprint density at radius 3 is 2.42 bits per heavy atom. The molecule has 1 saturated carbocycles. The summed E-state index contributed by atoms with van der Waals surface area (Å²) in [4.78, 5) is 16.9. The van der Waals surface area contributed by atoms with Crippen LogP contribution in [0.1, 0.15) is 71.9 Å². The van der Waals surface area contributed by atoms with Gasteiger partial charge in [0, 0.05) is 11.7 Å². The van der Waals surface area contributed by atoms with Crippen LogP contribution in [-0.2, 0) is 0 Å². The molecule has 0 bridgehead atoms. The zero-order valence-electron chi connectivity index (χ0n) is 21.7. The number of rotatable bonds is 7. The largest absolute Gasteiger partial charge is 0.321 e. The quantitative estimate of drug-likeness (QED) is 0.204. The van der Waals surface area contributed by atoms with Crippen molar-refractivity contribution in [3.63, 3.8) is 0 Å². The molecule has 1 aromatic heterocycles. The van der Waals surface area contributed by atoms with Crippen molar-refractivity contribution in [2.24, 2.45) is 0 Å². The first kappa shape index (κ1) is 25.4. The third kappa shape index (κ3) is 6.01. The van der Waals surface area contributed by atoms with Crippen molar-refractivity contribution in [2.75, 3.05) is 5.32 Å². The van der Waals surface area contributed by atoms with E-state index in [0.717, 1.165) is 16.9 Å². The van der Waals surface area contributed by atoms with E-state index in [1.54, 1.807) is 28.9 Å². The van der Waals surface area contributed by atoms with E-state index in [-0.39, 0.29) is 11.9 Å². The average molecular weight is 504 g/mol. The molecule has 38 heavy (non-hydrogen) atoms. The first-order chi connectivity index (χ1) is 18.6. The van der Waals surface area contributed by atoms with Crippen LogP contribution >= 0.6 is 0 Å². The predicted octanol–water partition coefficient (Wildman–Crippen LogP) is 7.39. The fourth-order valence-electron chi connectivity index (χ4n) is 5.26. The number of hydrogen-bond acceptors (Lipinski definition) is 3. The molecule has 0 aliphatic heterocycles. The summed E-state index contributed by atoms with van der Waals surface area (Å²) < 4.78 is 1.60. The Morgan fingerprint density at radius 2 is 1.66 bits per heavy atom. The van der Waals surface area contributed by atoms with Crippen LogP contribution in [0.2, 0.25) is 0 Å². The molecule has 1 unspecified atom stereocenters. The van der Waals surface area contributed by atoms with E-state index in [0.29, 0.717) is 23.1 Å². The van der Waals surface area contributed by atoms with Crippen molar-refractivity contribution >= 4 is 17.3 Å². The Hall–Kier alpha value is -4.21. The number of anilines is 1. The summed E-state index contributed by atoms with van der Waals surface area (Å²) in [5.41, 5.74) is 5.41. The lowest BCUT2D eigenvalue weighted by molar-refractivity contribution is 0.101. The highest BCUT2D eigenvalue weighted by Crippen LogP contribution is 2.28. The maximum atomic E-state index is 13.4. The molecular formula is C32H33N5O. The SMILES string of the molecule is [C-]#[N+]c1cccc(-n2nc(C)cc2C(=O)Nc2cccc(C(NC3CCCCCC3)c3ccccc3)c2)c1. The number of benzene rings is 3. The zero-order valence-corrected chi connectivity index (χ0v) is 21.7. The van der Waals surface area contributed by atoms with Crippen molar-refractivity contribution in [3.8, 4) is 5.69 Å². The predicted molar refractivity (Wildman–Crippen MR) is 152 cm³/mol. The van der Waals surface area contributed by atoms with E-state index >= 15 is 0 Å². The molecule has 3 aromatic carbocycles. The van der Waals surface area contributed by atoms with Gasteiger partial charge in [0.25, 0.3) is 5.91 Å². The number of amides is 1. The summed E-state index contributed by atoms with van der Waals surface area (Å²) in [6.07, 6.45) is 7.54. The highest BCUT2D eigenvalue weighted by atomic mass is 16.2. The van der Waals surface area contributed by atoms with Gasteiger partial charge in [0.2, 0.25) is 0 Å². The molecule has 1 heterocycles. The van der Waals surface area contributed by atoms with Crippen molar-refractivity contribution in [2.45, 2.75) is 57.5 Å². The lowest BCUT2D eigenvalue weighted by atomic mass is 9.96. The molecule has 5 rings (SSSR count). The van der Waals surface area contributed by atoms with Gasteiger partial charge >= 0.3 is 0 Å². The van der Waals surface area contributed by atoms with Crippen LogP contribution in [0.15, 0.2) is 84.9 Å². The highest BCUT2D eigenvalue weighted by molar-refractivity contribution is 6.03. The van der Waals surface area contributed by atoms with Gasteiger partial charge in [-0.25, -0.2) is 9.53 Å². The first-order valence-corrected chi connectivity index (χ1v) is 13.4. The van der Waals surface area contributed by atoms with Crippen molar-refractivity contribution in [1.29, 1.82) is 0 Å². The second-order valence-electron chi connectivity index (χ2n) is 9.99. The van der Waals surface area contributed by atoms with Gasteiger partial charge < -0.3 is 10.6 Å². The van der Waals surface area contributed by atoms with Crippen molar-refractivity contribution in [3.05, 3.63) is 119 Å². The number of carbonyl (C=O) groups is 1. The van der Waals surface area contributed by atoms with Crippen LogP contribution in [-0.4, -0.2) is 21.7 Å². The van der Waals surface area contributed by atoms with Gasteiger partial charge in [0.05, 0.1) is 24.0 Å². The molecule has 4 aromatic rings. The van der Waals surface area contributed by atoms with E-state index in [4.69, 9.17) is 6.57 Å². The third-order valence-electron chi connectivity index (χ3n) is 7.14. The normalized spacial score (nSPS) is 14.8. The number of aryl methyl sites for hydroxylation is 1. The zero-order chi connectivity index (χ0) is 26.3. The van der Waals surface area contributed by atoms with Crippen LogP contribution in [0, 0.1) is 13.5 Å². The summed E-state index contributed by atoms with van der Waals surface area (Å²) >= 11 is 0. The van der Waals surface area contributed by atoms with Gasteiger partial charge in [-0.15, -0.1) is 0 Å². The Morgan fingerprint density at radius 1 is 0.921 bits per heavy atom. The number of aromatic nitrogens is 2. The number of nitrogens with one attached hydrogen (secondary N) is 2. The Kier molecular flexibility index (Phi) is 7.96. The van der Waals surface area contributed by atoms with Gasteiger partial charge in [0.1, 0.15) is 5.69 Å². The standard InChI is InChI=1S/C32H33N5O/c1-23-20-30(37(36-23)29-19-11-17-27(22-29)33-2)32(38)35-28-18-10-14-25(21-28)31(24-12-6-5-7-13-24)34-26-15-8-3-4-9-16-26/h5-7,10-14,17-22,26,31,34H,3-4,8-9,15-16H2,1H3,(H,35,38). The molecule has 0 radical (unpaired) electrons. The number of hydrogen-bond donors (Lipinski definition) is 2. The van der Waals surface area contributed by atoms with Gasteiger partial charge in [-0.1, -0.05) is 80.3 Å². The Balaban J connectivity index is 1.41. The van der Waals surface area contributed by atoms with Crippen molar-refractivity contribution < 1.29 is 4.79 Å². The number of nitrogens with zero attached hydrogens (tertiary/aromatic N) is 3. The van der Waals surface area contributed by atoms with Crippen LogP contribution < -0.4 is 10.6 Å². The van der Waals surface area contributed by atoms with Crippen molar-refractivity contribution in [1.82, 2.24) is 15.1 Å². The lowest BCUT2D eigenvalue weighted by Crippen LogP contribution is -2.33. The molecule has 2 N–H and O–H groups in total. The van der Waals surface area contributed by atoms with Crippen LogP contribution in [0.25, 0.3) is 10.5 Å². The minimum Gasteiger partial charge on any atom is -0.321 e. The summed E-state index contributed by atoms with van der Waals surface area (Å²) in [6.45, 7) is 9.17. The molecule has 0 saturated heterocycles. The van der Waals surface area contributed by atoms with Gasteiger partial charge in [-0.2, -0.15) is 5.10 Å². The molecule has 192 valence electrons. The fourth-order valence-corrected chi connectivity index (χ4v) is 5.26. The molecule has 1 amide bonds. The lowest BCUT2D eigenvalue weighted by Gasteiger charge is -2.26. The minimum absolute atomic E-state index is 0.0419. The van der Waals surface area contributed by atoms with E-state index in [1.807, 2.05) is 31.2 Å². The molecular weight excluding hydrogens is 470 g/mol. The molecule has 1 aliphatic rings. The minimum atomic E-state index is -0.246. The summed E-state index contributed by atoms with van der Waals surface area (Å²) in [5.74, 6) is -0.246. The van der Waals surface area contributed by atoms with Gasteiger partial charge in [-0.3, -0.25) is 4.79 Å². The first-order valence-electron chi connectivity index (χ1n) is 13.4. The molecule has 0 spiro atoms. The molecule has 6 heteroatoms. The van der Waals surface area contributed by atoms with E-state index in [2.05, 4.69) is 57.0 Å². The Labute approximate surface area is 224 Å². The monoisotopic (exact) mass is 503 g/mol. The van der Waals surface area contributed by atoms with Crippen LogP contribution in [0.5, 0.6) is 0 Å². The second-order valence-corrected chi connectivity index (χ2v) is 9.99. The topological polar surface area (TPSA) is 63.3 Å². The molecule has 1 fully saturated rings. The van der Waals surface area contributed by atoms with E-state index in [9.17, 15) is 4.79 Å². The van der Waals surface area contributed by atoms with Crippen LogP contribution in [0.3, 0.4) is 0 Å². The van der Waals surface area contributed by atoms with Gasteiger partial charge in [0.15, 0.2) is 5.69 Å². The van der Waals surface area contributed by atoms with Gasteiger partial charge in [-0.05, 0) is 61.2 Å². The second kappa shape index (κ2) is 11.9. The maximum absolute atomic E-state index is 13.4. The maximum Gasteiger partial charge on any atom is 0.274 e. The van der Waals surface area contributed by atoms with E-state index < -0.39 is 0 Å². The smallest absolute Gasteiger partial charge is 0.274 e. The Bertz CT molecular complexity index is 1430.